The Morgan fingerprint density at radius 3 is 2.74 bits per heavy atom. The summed E-state index contributed by atoms with van der Waals surface area (Å²) in [6.45, 7) is 4.96. The highest BCUT2D eigenvalue weighted by molar-refractivity contribution is 5.78. The second kappa shape index (κ2) is 7.14. The van der Waals surface area contributed by atoms with Crippen LogP contribution in [-0.4, -0.2) is 38.1 Å². The van der Waals surface area contributed by atoms with E-state index in [0.29, 0.717) is 13.1 Å². The summed E-state index contributed by atoms with van der Waals surface area (Å²) in [5.74, 6) is 0.844. The lowest BCUT2D eigenvalue weighted by atomic mass is 10.1. The standard InChI is InChI=1S/C15H24N2O2/c1-11-5-6-14(19-4)13(9-11)7-8-17(3)15(18)12(2)10-16/h5-6,9,12H,7-8,10,16H2,1-4H3. The summed E-state index contributed by atoms with van der Waals surface area (Å²) < 4.78 is 5.34. The second-order valence-electron chi connectivity index (χ2n) is 4.96. The molecule has 0 bridgehead atoms. The molecule has 19 heavy (non-hydrogen) atoms. The van der Waals surface area contributed by atoms with E-state index >= 15 is 0 Å². The zero-order chi connectivity index (χ0) is 14.4. The third-order valence-electron chi connectivity index (χ3n) is 3.30. The Bertz CT molecular complexity index is 432. The van der Waals surface area contributed by atoms with Crippen LogP contribution in [0, 0.1) is 12.8 Å². The molecule has 0 saturated carbocycles. The van der Waals surface area contributed by atoms with Crippen molar-refractivity contribution in [2.45, 2.75) is 20.3 Å². The van der Waals surface area contributed by atoms with E-state index in [0.717, 1.165) is 17.7 Å². The molecule has 4 heteroatoms. The van der Waals surface area contributed by atoms with Crippen LogP contribution in [0.4, 0.5) is 0 Å². The maximum atomic E-state index is 11.9. The van der Waals surface area contributed by atoms with Gasteiger partial charge >= 0.3 is 0 Å². The van der Waals surface area contributed by atoms with E-state index in [1.807, 2.05) is 33.0 Å². The zero-order valence-electron chi connectivity index (χ0n) is 12.3. The van der Waals surface area contributed by atoms with Gasteiger partial charge in [0.15, 0.2) is 0 Å². The minimum Gasteiger partial charge on any atom is -0.496 e. The monoisotopic (exact) mass is 264 g/mol. The van der Waals surface area contributed by atoms with Gasteiger partial charge in [-0.15, -0.1) is 0 Å². The van der Waals surface area contributed by atoms with Crippen LogP contribution >= 0.6 is 0 Å². The maximum Gasteiger partial charge on any atom is 0.226 e. The highest BCUT2D eigenvalue weighted by Gasteiger charge is 2.16. The quantitative estimate of drug-likeness (QED) is 0.849. The van der Waals surface area contributed by atoms with Gasteiger partial charge in [0, 0.05) is 26.1 Å². The minimum absolute atomic E-state index is 0.0918. The van der Waals surface area contributed by atoms with E-state index in [1.165, 1.54) is 5.56 Å². The minimum atomic E-state index is -0.121. The molecule has 0 aromatic heterocycles. The number of nitrogens with zero attached hydrogens (tertiary/aromatic N) is 1. The van der Waals surface area contributed by atoms with Gasteiger partial charge in [-0.3, -0.25) is 4.79 Å². The number of amides is 1. The number of benzene rings is 1. The number of aryl methyl sites for hydroxylation is 1. The average molecular weight is 264 g/mol. The number of hydrogen-bond acceptors (Lipinski definition) is 3. The van der Waals surface area contributed by atoms with Crippen LogP contribution in [0.15, 0.2) is 18.2 Å². The molecule has 1 rings (SSSR count). The van der Waals surface area contributed by atoms with Gasteiger partial charge < -0.3 is 15.4 Å². The first kappa shape index (κ1) is 15.5. The largest absolute Gasteiger partial charge is 0.496 e. The first-order chi connectivity index (χ1) is 8.99. The van der Waals surface area contributed by atoms with E-state index in [1.54, 1.807) is 12.0 Å². The average Bonchev–Trinajstić information content (AvgIpc) is 2.43. The molecule has 0 fully saturated rings. The first-order valence-corrected chi connectivity index (χ1v) is 6.58. The fourth-order valence-corrected chi connectivity index (χ4v) is 1.98. The van der Waals surface area contributed by atoms with Gasteiger partial charge in [0.05, 0.1) is 7.11 Å². The molecule has 1 unspecified atom stereocenters. The van der Waals surface area contributed by atoms with Crippen molar-refractivity contribution >= 4 is 5.91 Å². The van der Waals surface area contributed by atoms with Crippen molar-refractivity contribution in [2.75, 3.05) is 27.2 Å². The van der Waals surface area contributed by atoms with Crippen molar-refractivity contribution in [1.82, 2.24) is 4.90 Å². The van der Waals surface area contributed by atoms with E-state index in [2.05, 4.69) is 6.07 Å². The Balaban J connectivity index is 2.66. The summed E-state index contributed by atoms with van der Waals surface area (Å²) in [4.78, 5) is 13.7. The number of nitrogens with two attached hydrogens (primary N) is 1. The van der Waals surface area contributed by atoms with Gasteiger partial charge in [0.2, 0.25) is 5.91 Å². The third-order valence-corrected chi connectivity index (χ3v) is 3.30. The van der Waals surface area contributed by atoms with Gasteiger partial charge in [-0.05, 0) is 25.0 Å². The third kappa shape index (κ3) is 4.24. The molecule has 0 aliphatic heterocycles. The molecule has 0 aliphatic carbocycles. The molecule has 4 nitrogen and oxygen atoms in total. The molecular formula is C15H24N2O2. The topological polar surface area (TPSA) is 55.6 Å². The second-order valence-corrected chi connectivity index (χ2v) is 4.96. The van der Waals surface area contributed by atoms with E-state index in [-0.39, 0.29) is 11.8 Å². The van der Waals surface area contributed by atoms with Crippen molar-refractivity contribution in [2.24, 2.45) is 11.7 Å². The van der Waals surface area contributed by atoms with Crippen LogP contribution in [0.5, 0.6) is 5.75 Å². The van der Waals surface area contributed by atoms with E-state index in [9.17, 15) is 4.79 Å². The normalized spacial score (nSPS) is 12.1. The fraction of sp³-hybridized carbons (Fsp3) is 0.533. The molecule has 0 heterocycles. The lowest BCUT2D eigenvalue weighted by Gasteiger charge is -2.21. The predicted octanol–water partition coefficient (Wildman–Crippen LogP) is 1.60. The lowest BCUT2D eigenvalue weighted by Crippen LogP contribution is -2.36. The highest BCUT2D eigenvalue weighted by atomic mass is 16.5. The molecule has 0 aliphatic rings. The van der Waals surface area contributed by atoms with Crippen molar-refractivity contribution < 1.29 is 9.53 Å². The smallest absolute Gasteiger partial charge is 0.226 e. The van der Waals surface area contributed by atoms with Gasteiger partial charge in [-0.1, -0.05) is 24.6 Å². The van der Waals surface area contributed by atoms with Crippen LogP contribution in [0.25, 0.3) is 0 Å². The van der Waals surface area contributed by atoms with Crippen LogP contribution < -0.4 is 10.5 Å². The lowest BCUT2D eigenvalue weighted by molar-refractivity contribution is -0.133. The number of carbonyl (C=O) groups is 1. The van der Waals surface area contributed by atoms with Crippen LogP contribution in [-0.2, 0) is 11.2 Å². The van der Waals surface area contributed by atoms with Crippen LogP contribution in [0.1, 0.15) is 18.1 Å². The van der Waals surface area contributed by atoms with Gasteiger partial charge in [0.25, 0.3) is 0 Å². The van der Waals surface area contributed by atoms with Crippen LogP contribution in [0.3, 0.4) is 0 Å². The molecule has 2 N–H and O–H groups in total. The molecule has 0 spiro atoms. The van der Waals surface area contributed by atoms with Gasteiger partial charge in [-0.25, -0.2) is 0 Å². The summed E-state index contributed by atoms with van der Waals surface area (Å²) in [6.07, 6.45) is 0.782. The number of likely N-dealkylation sites (N-methyl/N-ethyl adjacent to an activating group) is 1. The summed E-state index contributed by atoms with van der Waals surface area (Å²) >= 11 is 0. The Hall–Kier alpha value is -1.55. The molecule has 1 aromatic carbocycles. The fourth-order valence-electron chi connectivity index (χ4n) is 1.98. The summed E-state index contributed by atoms with van der Waals surface area (Å²) in [5, 5.41) is 0. The van der Waals surface area contributed by atoms with Crippen LogP contribution in [0.2, 0.25) is 0 Å². The summed E-state index contributed by atoms with van der Waals surface area (Å²) in [5.41, 5.74) is 7.84. The van der Waals surface area contributed by atoms with Crippen molar-refractivity contribution in [3.8, 4) is 5.75 Å². The molecular weight excluding hydrogens is 240 g/mol. The molecule has 0 saturated heterocycles. The molecule has 1 aromatic rings. The number of hydrogen-bond donors (Lipinski definition) is 1. The number of methoxy groups -OCH3 is 1. The van der Waals surface area contributed by atoms with Crippen molar-refractivity contribution in [3.63, 3.8) is 0 Å². The molecule has 0 radical (unpaired) electrons. The van der Waals surface area contributed by atoms with Crippen molar-refractivity contribution in [3.05, 3.63) is 29.3 Å². The highest BCUT2D eigenvalue weighted by Crippen LogP contribution is 2.20. The van der Waals surface area contributed by atoms with Gasteiger partial charge in [-0.2, -0.15) is 0 Å². The number of rotatable bonds is 6. The van der Waals surface area contributed by atoms with E-state index in [4.69, 9.17) is 10.5 Å². The summed E-state index contributed by atoms with van der Waals surface area (Å²) in [6, 6.07) is 6.09. The Labute approximate surface area is 115 Å². The predicted molar refractivity (Wildman–Crippen MR) is 77.3 cm³/mol. The summed E-state index contributed by atoms with van der Waals surface area (Å²) in [7, 11) is 3.48. The molecule has 106 valence electrons. The zero-order valence-corrected chi connectivity index (χ0v) is 12.3. The first-order valence-electron chi connectivity index (χ1n) is 6.58. The Morgan fingerprint density at radius 2 is 2.16 bits per heavy atom. The molecule has 1 atom stereocenters. The van der Waals surface area contributed by atoms with Gasteiger partial charge in [0.1, 0.15) is 5.75 Å². The molecule has 1 amide bonds. The van der Waals surface area contributed by atoms with E-state index < -0.39 is 0 Å². The van der Waals surface area contributed by atoms with Crippen molar-refractivity contribution in [1.29, 1.82) is 0 Å². The maximum absolute atomic E-state index is 11.9. The number of ether oxygens (including phenoxy) is 1. The number of carbonyl (C=O) groups excluding carboxylic acids is 1. The SMILES string of the molecule is COc1ccc(C)cc1CCN(C)C(=O)C(C)CN. The Morgan fingerprint density at radius 1 is 1.47 bits per heavy atom. The Kier molecular flexibility index (Phi) is 5.83.